The number of rotatable bonds is 8. The molecule has 1 fully saturated rings. The standard InChI is InChI=1S/C27H22BrN3O5S/c1-17-6-5-9-21(12-17)30-25(33)16-36-22-11-10-19(28)13-18(22)14-23-26(34)31(27(35)37-23)15-24(32)29-20-7-3-2-4-8-20/h2-14H,15-16H2,1H3,(H,29,32)(H,30,33)/b23-14-. The van der Waals surface area contributed by atoms with Gasteiger partial charge in [-0.05, 0) is 72.8 Å². The molecular formula is C27H22BrN3O5S. The van der Waals surface area contributed by atoms with Gasteiger partial charge in [0.05, 0.1) is 4.91 Å². The summed E-state index contributed by atoms with van der Waals surface area (Å²) in [6.07, 6.45) is 1.51. The summed E-state index contributed by atoms with van der Waals surface area (Å²) in [4.78, 5) is 51.2. The highest BCUT2D eigenvalue weighted by molar-refractivity contribution is 9.10. The molecule has 1 saturated heterocycles. The summed E-state index contributed by atoms with van der Waals surface area (Å²) < 4.78 is 6.45. The van der Waals surface area contributed by atoms with E-state index >= 15 is 0 Å². The summed E-state index contributed by atoms with van der Waals surface area (Å²) in [5, 5.41) is 4.89. The molecule has 1 aliphatic rings. The Morgan fingerprint density at radius 3 is 2.43 bits per heavy atom. The van der Waals surface area contributed by atoms with Gasteiger partial charge in [-0.15, -0.1) is 0 Å². The predicted molar refractivity (Wildman–Crippen MR) is 147 cm³/mol. The second-order valence-electron chi connectivity index (χ2n) is 8.07. The van der Waals surface area contributed by atoms with Crippen molar-refractivity contribution >= 4 is 68.1 Å². The molecule has 0 saturated carbocycles. The maximum atomic E-state index is 12.9. The van der Waals surface area contributed by atoms with Gasteiger partial charge in [-0.3, -0.25) is 24.1 Å². The minimum Gasteiger partial charge on any atom is -0.483 e. The van der Waals surface area contributed by atoms with E-state index in [0.717, 1.165) is 26.7 Å². The first-order valence-electron chi connectivity index (χ1n) is 11.2. The van der Waals surface area contributed by atoms with Crippen LogP contribution < -0.4 is 15.4 Å². The van der Waals surface area contributed by atoms with Gasteiger partial charge in [0.1, 0.15) is 12.3 Å². The molecular weight excluding hydrogens is 558 g/mol. The highest BCUT2D eigenvalue weighted by atomic mass is 79.9. The molecule has 3 aromatic rings. The molecule has 0 aromatic heterocycles. The van der Waals surface area contributed by atoms with E-state index in [4.69, 9.17) is 4.74 Å². The van der Waals surface area contributed by atoms with Gasteiger partial charge in [0.15, 0.2) is 6.61 Å². The molecule has 0 bridgehead atoms. The van der Waals surface area contributed by atoms with Gasteiger partial charge in [0.2, 0.25) is 5.91 Å². The van der Waals surface area contributed by atoms with Crippen molar-refractivity contribution in [2.75, 3.05) is 23.8 Å². The summed E-state index contributed by atoms with van der Waals surface area (Å²) in [5.74, 6) is -1.05. The number of anilines is 2. The molecule has 0 radical (unpaired) electrons. The smallest absolute Gasteiger partial charge is 0.294 e. The van der Waals surface area contributed by atoms with Gasteiger partial charge in [-0.1, -0.05) is 46.3 Å². The van der Waals surface area contributed by atoms with Crippen LogP contribution in [0, 0.1) is 6.92 Å². The second-order valence-corrected chi connectivity index (χ2v) is 9.98. The number of halogens is 1. The number of hydrogen-bond donors (Lipinski definition) is 2. The summed E-state index contributed by atoms with van der Waals surface area (Å²) in [7, 11) is 0. The number of imide groups is 1. The Labute approximate surface area is 226 Å². The molecule has 2 N–H and O–H groups in total. The van der Waals surface area contributed by atoms with Crippen molar-refractivity contribution in [1.82, 2.24) is 4.90 Å². The van der Waals surface area contributed by atoms with Crippen LogP contribution in [0.25, 0.3) is 6.08 Å². The molecule has 0 atom stereocenters. The minimum absolute atomic E-state index is 0.143. The molecule has 1 heterocycles. The Balaban J connectivity index is 1.43. The normalized spacial score (nSPS) is 14.1. The maximum absolute atomic E-state index is 12.9. The Morgan fingerprint density at radius 2 is 1.68 bits per heavy atom. The molecule has 3 aromatic carbocycles. The Hall–Kier alpha value is -3.89. The number of carbonyl (C=O) groups is 4. The highest BCUT2D eigenvalue weighted by Gasteiger charge is 2.36. The zero-order valence-corrected chi connectivity index (χ0v) is 22.1. The van der Waals surface area contributed by atoms with Gasteiger partial charge < -0.3 is 15.4 Å². The molecule has 10 heteroatoms. The van der Waals surface area contributed by atoms with Crippen molar-refractivity contribution in [3.8, 4) is 5.75 Å². The average Bonchev–Trinajstić information content (AvgIpc) is 3.11. The number of amides is 4. The zero-order chi connectivity index (χ0) is 26.4. The summed E-state index contributed by atoms with van der Waals surface area (Å²) in [6.45, 7) is 1.27. The lowest BCUT2D eigenvalue weighted by molar-refractivity contribution is -0.127. The van der Waals surface area contributed by atoms with E-state index in [1.165, 1.54) is 6.08 Å². The van der Waals surface area contributed by atoms with Gasteiger partial charge in [-0.25, -0.2) is 0 Å². The lowest BCUT2D eigenvalue weighted by Gasteiger charge is -2.12. The number of benzene rings is 3. The predicted octanol–water partition coefficient (Wildman–Crippen LogP) is 5.45. The van der Waals surface area contributed by atoms with Crippen LogP contribution in [0.5, 0.6) is 5.75 Å². The van der Waals surface area contributed by atoms with Gasteiger partial charge in [0.25, 0.3) is 17.1 Å². The van der Waals surface area contributed by atoms with Gasteiger partial charge in [-0.2, -0.15) is 0 Å². The number of carbonyl (C=O) groups excluding carboxylic acids is 4. The third-order valence-corrected chi connectivity index (χ3v) is 6.55. The quantitative estimate of drug-likeness (QED) is 0.344. The fourth-order valence-corrected chi connectivity index (χ4v) is 4.68. The highest BCUT2D eigenvalue weighted by Crippen LogP contribution is 2.35. The van der Waals surface area contributed by atoms with Crippen LogP contribution in [0.4, 0.5) is 16.2 Å². The first-order chi connectivity index (χ1) is 17.8. The Morgan fingerprint density at radius 1 is 0.946 bits per heavy atom. The zero-order valence-electron chi connectivity index (χ0n) is 19.7. The average molecular weight is 580 g/mol. The molecule has 0 unspecified atom stereocenters. The summed E-state index contributed by atoms with van der Waals surface area (Å²) in [6, 6.07) is 21.3. The largest absolute Gasteiger partial charge is 0.483 e. The van der Waals surface area contributed by atoms with Crippen LogP contribution in [0.3, 0.4) is 0 Å². The van der Waals surface area contributed by atoms with Crippen molar-refractivity contribution < 1.29 is 23.9 Å². The van der Waals surface area contributed by atoms with Crippen molar-refractivity contribution in [2.24, 2.45) is 0 Å². The first-order valence-corrected chi connectivity index (χ1v) is 12.8. The van der Waals surface area contributed by atoms with E-state index in [0.29, 0.717) is 22.7 Å². The van der Waals surface area contributed by atoms with Crippen molar-refractivity contribution in [3.63, 3.8) is 0 Å². The van der Waals surface area contributed by atoms with E-state index in [9.17, 15) is 19.2 Å². The minimum atomic E-state index is -0.582. The molecule has 188 valence electrons. The molecule has 8 nitrogen and oxygen atoms in total. The molecule has 4 amide bonds. The third kappa shape index (κ3) is 7.08. The lowest BCUT2D eigenvalue weighted by Crippen LogP contribution is -2.36. The number of thioether (sulfide) groups is 1. The fourth-order valence-electron chi connectivity index (χ4n) is 3.47. The SMILES string of the molecule is Cc1cccc(NC(=O)COc2ccc(Br)cc2/C=C2\SC(=O)N(CC(=O)Nc3ccccc3)C2=O)c1. The monoisotopic (exact) mass is 579 g/mol. The van der Waals surface area contributed by atoms with E-state index in [2.05, 4.69) is 26.6 Å². The van der Waals surface area contributed by atoms with Gasteiger partial charge in [0, 0.05) is 21.4 Å². The van der Waals surface area contributed by atoms with Crippen molar-refractivity contribution in [2.45, 2.75) is 6.92 Å². The number of aryl methyl sites for hydroxylation is 1. The summed E-state index contributed by atoms with van der Waals surface area (Å²) >= 11 is 4.13. The fraction of sp³-hybridized carbons (Fsp3) is 0.111. The lowest BCUT2D eigenvalue weighted by atomic mass is 10.2. The topological polar surface area (TPSA) is 105 Å². The molecule has 0 spiro atoms. The van der Waals surface area contributed by atoms with E-state index in [1.54, 1.807) is 48.5 Å². The van der Waals surface area contributed by atoms with Crippen molar-refractivity contribution in [3.05, 3.63) is 93.3 Å². The molecule has 1 aliphatic heterocycles. The van der Waals surface area contributed by atoms with E-state index in [1.807, 2.05) is 31.2 Å². The Kier molecular flexibility index (Phi) is 8.42. The van der Waals surface area contributed by atoms with Crippen LogP contribution >= 0.6 is 27.7 Å². The Bertz CT molecular complexity index is 1390. The molecule has 0 aliphatic carbocycles. The van der Waals surface area contributed by atoms with Crippen LogP contribution in [-0.4, -0.2) is 41.0 Å². The first kappa shape index (κ1) is 26.2. The van der Waals surface area contributed by atoms with Crippen LogP contribution in [0.1, 0.15) is 11.1 Å². The van der Waals surface area contributed by atoms with E-state index in [-0.39, 0.29) is 17.4 Å². The maximum Gasteiger partial charge on any atom is 0.294 e. The number of para-hydroxylation sites is 1. The number of hydrogen-bond acceptors (Lipinski definition) is 6. The second kappa shape index (κ2) is 11.9. The molecule has 37 heavy (non-hydrogen) atoms. The molecule has 4 rings (SSSR count). The number of nitrogens with one attached hydrogen (secondary N) is 2. The third-order valence-electron chi connectivity index (χ3n) is 5.15. The van der Waals surface area contributed by atoms with Crippen LogP contribution in [-0.2, 0) is 14.4 Å². The number of nitrogens with zero attached hydrogens (tertiary/aromatic N) is 1. The summed E-state index contributed by atoms with van der Waals surface area (Å²) in [5.41, 5.74) is 2.74. The number of ether oxygens (including phenoxy) is 1. The van der Waals surface area contributed by atoms with E-state index < -0.39 is 23.6 Å². The van der Waals surface area contributed by atoms with Gasteiger partial charge >= 0.3 is 0 Å². The van der Waals surface area contributed by atoms with Crippen molar-refractivity contribution in [1.29, 1.82) is 0 Å². The van der Waals surface area contributed by atoms with Crippen LogP contribution in [0.15, 0.2) is 82.2 Å². The van der Waals surface area contributed by atoms with Crippen LogP contribution in [0.2, 0.25) is 0 Å².